The van der Waals surface area contributed by atoms with Crippen molar-refractivity contribution in [2.45, 2.75) is 72.4 Å². The van der Waals surface area contributed by atoms with E-state index in [1.54, 1.807) is 17.0 Å². The Morgan fingerprint density at radius 2 is 1.56 bits per heavy atom. The van der Waals surface area contributed by atoms with E-state index in [0.717, 1.165) is 29.5 Å². The van der Waals surface area contributed by atoms with Crippen LogP contribution in [0.3, 0.4) is 0 Å². The lowest BCUT2D eigenvalue weighted by molar-refractivity contribution is -0.141. The minimum Gasteiger partial charge on any atom is -0.354 e. The molecule has 0 aliphatic rings. The van der Waals surface area contributed by atoms with Crippen LogP contribution < -0.4 is 9.62 Å². The third kappa shape index (κ3) is 8.66. The molecule has 8 heteroatoms. The molecule has 0 unspecified atom stereocenters. The minimum atomic E-state index is -3.51. The zero-order chi connectivity index (χ0) is 26.7. The van der Waals surface area contributed by atoms with E-state index in [4.69, 9.17) is 0 Å². The molecule has 0 fully saturated rings. The Bertz CT molecular complexity index is 1080. The van der Waals surface area contributed by atoms with Gasteiger partial charge >= 0.3 is 0 Å². The molecule has 7 nitrogen and oxygen atoms in total. The summed E-state index contributed by atoms with van der Waals surface area (Å²) in [6.07, 6.45) is 3.84. The van der Waals surface area contributed by atoms with Crippen molar-refractivity contribution in [3.05, 3.63) is 65.2 Å². The number of sulfonamides is 1. The van der Waals surface area contributed by atoms with Gasteiger partial charge in [0.05, 0.1) is 11.9 Å². The fourth-order valence-corrected chi connectivity index (χ4v) is 5.04. The number of rotatable bonds is 14. The Balaban J connectivity index is 2.18. The van der Waals surface area contributed by atoms with Gasteiger partial charge in [-0.2, -0.15) is 0 Å². The van der Waals surface area contributed by atoms with Gasteiger partial charge in [0, 0.05) is 26.1 Å². The van der Waals surface area contributed by atoms with Crippen LogP contribution in [-0.4, -0.2) is 50.5 Å². The number of nitrogens with zero attached hydrogens (tertiary/aromatic N) is 2. The number of hydrogen-bond donors (Lipinski definition) is 1. The van der Waals surface area contributed by atoms with Gasteiger partial charge in [-0.15, -0.1) is 0 Å². The number of carbonyl (C=O) groups excluding carboxylic acids is 2. The Kier molecular flexibility index (Phi) is 11.4. The average Bonchev–Trinajstić information content (AvgIpc) is 2.85. The first-order valence-corrected chi connectivity index (χ1v) is 14.6. The summed E-state index contributed by atoms with van der Waals surface area (Å²) in [7, 11) is -3.51. The van der Waals surface area contributed by atoms with E-state index in [9.17, 15) is 18.0 Å². The van der Waals surface area contributed by atoms with Crippen LogP contribution in [0.2, 0.25) is 0 Å². The molecule has 0 heterocycles. The van der Waals surface area contributed by atoms with Crippen molar-refractivity contribution in [1.82, 2.24) is 10.2 Å². The molecule has 2 aromatic carbocycles. The number of nitrogens with one attached hydrogen (secondary N) is 1. The number of amides is 2. The van der Waals surface area contributed by atoms with Gasteiger partial charge in [-0.25, -0.2) is 8.42 Å². The number of hydrogen-bond acceptors (Lipinski definition) is 4. The first-order valence-electron chi connectivity index (χ1n) is 12.8. The van der Waals surface area contributed by atoms with Crippen molar-refractivity contribution < 1.29 is 18.0 Å². The van der Waals surface area contributed by atoms with Gasteiger partial charge in [0.2, 0.25) is 21.8 Å². The molecule has 0 radical (unpaired) electrons. The summed E-state index contributed by atoms with van der Waals surface area (Å²) in [4.78, 5) is 27.9. The van der Waals surface area contributed by atoms with Crippen LogP contribution >= 0.6 is 0 Å². The number of benzene rings is 2. The first kappa shape index (κ1) is 29.4. The smallest absolute Gasteiger partial charge is 0.242 e. The highest BCUT2D eigenvalue weighted by molar-refractivity contribution is 7.92. The lowest BCUT2D eigenvalue weighted by atomic mass is 10.1. The minimum absolute atomic E-state index is 0.141. The van der Waals surface area contributed by atoms with Crippen LogP contribution in [0.15, 0.2) is 48.5 Å². The van der Waals surface area contributed by atoms with Crippen LogP contribution in [-0.2, 0) is 32.6 Å². The van der Waals surface area contributed by atoms with Crippen LogP contribution in [0.1, 0.15) is 63.1 Å². The van der Waals surface area contributed by atoms with Gasteiger partial charge in [0.15, 0.2) is 0 Å². The zero-order valence-electron chi connectivity index (χ0n) is 22.3. The Morgan fingerprint density at radius 1 is 0.944 bits per heavy atom. The van der Waals surface area contributed by atoms with E-state index >= 15 is 0 Å². The molecule has 0 saturated heterocycles. The third-order valence-electron chi connectivity index (χ3n) is 6.19. The molecule has 1 atom stereocenters. The topological polar surface area (TPSA) is 86.8 Å². The lowest BCUT2D eigenvalue weighted by Crippen LogP contribution is -2.49. The molecule has 198 valence electrons. The van der Waals surface area contributed by atoms with Crippen LogP contribution in [0.5, 0.6) is 0 Å². The number of aryl methyl sites for hydroxylation is 2. The summed E-state index contributed by atoms with van der Waals surface area (Å²) in [5, 5.41) is 2.92. The van der Waals surface area contributed by atoms with Crippen molar-refractivity contribution in [3.63, 3.8) is 0 Å². The Morgan fingerprint density at radius 3 is 2.08 bits per heavy atom. The molecule has 0 bridgehead atoms. The summed E-state index contributed by atoms with van der Waals surface area (Å²) in [5.74, 6) is -0.322. The molecule has 0 aromatic heterocycles. The highest BCUT2D eigenvalue weighted by Crippen LogP contribution is 2.20. The second-order valence-electron chi connectivity index (χ2n) is 9.18. The van der Waals surface area contributed by atoms with Crippen molar-refractivity contribution in [1.29, 1.82) is 0 Å². The molecule has 36 heavy (non-hydrogen) atoms. The molecule has 2 amide bonds. The van der Waals surface area contributed by atoms with Crippen molar-refractivity contribution in [2.24, 2.45) is 0 Å². The Hall–Kier alpha value is -2.87. The number of anilines is 1. The maximum absolute atomic E-state index is 13.4. The van der Waals surface area contributed by atoms with E-state index in [2.05, 4.69) is 5.32 Å². The van der Waals surface area contributed by atoms with Crippen molar-refractivity contribution in [2.75, 3.05) is 23.7 Å². The largest absolute Gasteiger partial charge is 0.354 e. The first-order chi connectivity index (χ1) is 17.1. The summed E-state index contributed by atoms with van der Waals surface area (Å²) in [6, 6.07) is 14.8. The van der Waals surface area contributed by atoms with E-state index in [1.807, 2.05) is 64.1 Å². The quantitative estimate of drug-likeness (QED) is 0.403. The second-order valence-corrected chi connectivity index (χ2v) is 11.1. The highest BCUT2D eigenvalue weighted by atomic mass is 32.2. The van der Waals surface area contributed by atoms with Crippen molar-refractivity contribution >= 4 is 27.5 Å². The van der Waals surface area contributed by atoms with Gasteiger partial charge in [-0.1, -0.05) is 62.7 Å². The van der Waals surface area contributed by atoms with E-state index in [1.165, 1.54) is 10.6 Å². The predicted molar refractivity (Wildman–Crippen MR) is 146 cm³/mol. The maximum atomic E-state index is 13.4. The van der Waals surface area contributed by atoms with Crippen molar-refractivity contribution in [3.8, 4) is 0 Å². The highest BCUT2D eigenvalue weighted by Gasteiger charge is 2.28. The van der Waals surface area contributed by atoms with Gasteiger partial charge in [-0.3, -0.25) is 13.9 Å². The SMILES string of the molecule is CCCNC(=O)[C@@H](CC)N(Cc1ccc(C)cc1)C(=O)CCCN(c1ccc(CC)cc1)S(C)(=O)=O. The van der Waals surface area contributed by atoms with Gasteiger partial charge in [-0.05, 0) is 55.9 Å². The Labute approximate surface area is 216 Å². The summed E-state index contributed by atoms with van der Waals surface area (Å²) < 4.78 is 26.3. The second kappa shape index (κ2) is 14.0. The zero-order valence-corrected chi connectivity index (χ0v) is 23.1. The average molecular weight is 516 g/mol. The maximum Gasteiger partial charge on any atom is 0.242 e. The van der Waals surface area contributed by atoms with E-state index < -0.39 is 16.1 Å². The molecule has 0 aliphatic heterocycles. The lowest BCUT2D eigenvalue weighted by Gasteiger charge is -2.31. The monoisotopic (exact) mass is 515 g/mol. The molecular formula is C28H41N3O4S. The van der Waals surface area contributed by atoms with Gasteiger partial charge in [0.1, 0.15) is 6.04 Å². The van der Waals surface area contributed by atoms with Gasteiger partial charge < -0.3 is 10.2 Å². The fourth-order valence-electron chi connectivity index (χ4n) is 4.08. The summed E-state index contributed by atoms with van der Waals surface area (Å²) in [6.45, 7) is 9.00. The van der Waals surface area contributed by atoms with E-state index in [0.29, 0.717) is 31.6 Å². The van der Waals surface area contributed by atoms with Crippen LogP contribution in [0, 0.1) is 6.92 Å². The molecule has 0 spiro atoms. The summed E-state index contributed by atoms with van der Waals surface area (Å²) >= 11 is 0. The van der Waals surface area contributed by atoms with Crippen LogP contribution in [0.4, 0.5) is 5.69 Å². The molecule has 2 rings (SSSR count). The fraction of sp³-hybridized carbons (Fsp3) is 0.500. The molecule has 1 N–H and O–H groups in total. The summed E-state index contributed by atoms with van der Waals surface area (Å²) in [5.41, 5.74) is 3.78. The molecule has 2 aromatic rings. The molecular weight excluding hydrogens is 474 g/mol. The van der Waals surface area contributed by atoms with E-state index in [-0.39, 0.29) is 24.8 Å². The normalized spacial score (nSPS) is 12.1. The predicted octanol–water partition coefficient (Wildman–Crippen LogP) is 4.44. The van der Waals surface area contributed by atoms with Gasteiger partial charge in [0.25, 0.3) is 0 Å². The number of carbonyl (C=O) groups is 2. The van der Waals surface area contributed by atoms with Crippen LogP contribution in [0.25, 0.3) is 0 Å². The third-order valence-corrected chi connectivity index (χ3v) is 7.39. The molecule has 0 aliphatic carbocycles. The molecule has 0 saturated carbocycles. The standard InChI is InChI=1S/C28H41N3O4S/c1-6-19-29-28(33)26(8-3)30(21-24-13-11-22(4)12-14-24)27(32)10-9-20-31(36(5,34)35)25-17-15-23(7-2)16-18-25/h11-18,26H,6-10,19-21H2,1-5H3,(H,29,33)/t26-/m1/s1.